The number of carbonyl (C=O) groups excluding carboxylic acids is 1. The van der Waals surface area contributed by atoms with E-state index in [4.69, 9.17) is 0 Å². The molecule has 2 saturated heterocycles. The van der Waals surface area contributed by atoms with E-state index < -0.39 is 0 Å². The van der Waals surface area contributed by atoms with Crippen molar-refractivity contribution in [2.45, 2.75) is 38.6 Å². The molecule has 3 heteroatoms. The molecule has 1 N–H and O–H groups in total. The Morgan fingerprint density at radius 3 is 2.70 bits per heavy atom. The Morgan fingerprint density at radius 2 is 1.83 bits per heavy atom. The summed E-state index contributed by atoms with van der Waals surface area (Å²) in [4.78, 5) is 15.1. The Hall–Kier alpha value is -1.35. The molecule has 4 rings (SSSR count). The maximum Gasteiger partial charge on any atom is 0.223 e. The van der Waals surface area contributed by atoms with E-state index in [1.807, 2.05) is 0 Å². The SMILES string of the molecule is O=C1NCC2CN(Cc3ccccc3)CC2C2CCCCCC12. The minimum absolute atomic E-state index is 0.282. The third kappa shape index (κ3) is 3.16. The second kappa shape index (κ2) is 6.64. The zero-order valence-corrected chi connectivity index (χ0v) is 13.9. The summed E-state index contributed by atoms with van der Waals surface area (Å²) < 4.78 is 0. The van der Waals surface area contributed by atoms with Crippen LogP contribution >= 0.6 is 0 Å². The lowest BCUT2D eigenvalue weighted by Gasteiger charge is -2.28. The van der Waals surface area contributed by atoms with Gasteiger partial charge in [0.15, 0.2) is 0 Å². The van der Waals surface area contributed by atoms with Crippen LogP contribution in [0.5, 0.6) is 0 Å². The highest BCUT2D eigenvalue weighted by Crippen LogP contribution is 2.42. The van der Waals surface area contributed by atoms with Gasteiger partial charge >= 0.3 is 0 Å². The maximum atomic E-state index is 12.5. The quantitative estimate of drug-likeness (QED) is 0.910. The molecule has 0 aromatic heterocycles. The number of likely N-dealkylation sites (tertiary alicyclic amines) is 1. The molecule has 0 radical (unpaired) electrons. The van der Waals surface area contributed by atoms with E-state index in [2.05, 4.69) is 40.5 Å². The highest BCUT2D eigenvalue weighted by molar-refractivity contribution is 5.79. The fraction of sp³-hybridized carbons (Fsp3) is 0.650. The number of rotatable bonds is 2. The largest absolute Gasteiger partial charge is 0.356 e. The van der Waals surface area contributed by atoms with Crippen molar-refractivity contribution in [2.75, 3.05) is 19.6 Å². The number of benzene rings is 1. The normalized spacial score (nSPS) is 34.9. The Bertz CT molecular complexity index is 544. The monoisotopic (exact) mass is 312 g/mol. The smallest absolute Gasteiger partial charge is 0.223 e. The van der Waals surface area contributed by atoms with Gasteiger partial charge in [-0.15, -0.1) is 0 Å². The molecule has 1 aliphatic carbocycles. The topological polar surface area (TPSA) is 32.3 Å². The molecule has 3 nitrogen and oxygen atoms in total. The number of fused-ring (bicyclic) bond motifs is 3. The minimum Gasteiger partial charge on any atom is -0.356 e. The number of hydrogen-bond donors (Lipinski definition) is 1. The molecule has 2 aliphatic heterocycles. The van der Waals surface area contributed by atoms with E-state index in [0.717, 1.165) is 26.1 Å². The molecule has 1 aromatic carbocycles. The van der Waals surface area contributed by atoms with E-state index in [9.17, 15) is 4.79 Å². The van der Waals surface area contributed by atoms with Crippen molar-refractivity contribution in [1.29, 1.82) is 0 Å². The van der Waals surface area contributed by atoms with Crippen LogP contribution in [0.25, 0.3) is 0 Å². The average Bonchev–Trinajstić information content (AvgIpc) is 2.75. The van der Waals surface area contributed by atoms with Gasteiger partial charge in [-0.3, -0.25) is 9.69 Å². The number of nitrogens with one attached hydrogen (secondary N) is 1. The van der Waals surface area contributed by atoms with Crippen molar-refractivity contribution in [1.82, 2.24) is 10.2 Å². The van der Waals surface area contributed by atoms with E-state index in [-0.39, 0.29) is 5.92 Å². The zero-order chi connectivity index (χ0) is 15.6. The lowest BCUT2D eigenvalue weighted by Crippen LogP contribution is -2.35. The van der Waals surface area contributed by atoms with Crippen molar-refractivity contribution in [3.63, 3.8) is 0 Å². The van der Waals surface area contributed by atoms with Gasteiger partial charge in [-0.2, -0.15) is 0 Å². The molecule has 4 unspecified atom stereocenters. The van der Waals surface area contributed by atoms with Crippen molar-refractivity contribution in [3.8, 4) is 0 Å². The first kappa shape index (κ1) is 15.2. The molecule has 2 heterocycles. The van der Waals surface area contributed by atoms with Crippen LogP contribution in [0, 0.1) is 23.7 Å². The predicted octanol–water partition coefficient (Wildman–Crippen LogP) is 3.06. The predicted molar refractivity (Wildman–Crippen MR) is 91.8 cm³/mol. The molecule has 0 bridgehead atoms. The molecule has 23 heavy (non-hydrogen) atoms. The fourth-order valence-electron chi connectivity index (χ4n) is 5.20. The molecule has 1 amide bonds. The van der Waals surface area contributed by atoms with Crippen molar-refractivity contribution >= 4 is 5.91 Å². The number of amides is 1. The Morgan fingerprint density at radius 1 is 1.00 bits per heavy atom. The van der Waals surface area contributed by atoms with E-state index in [1.165, 1.54) is 37.8 Å². The fourth-order valence-corrected chi connectivity index (χ4v) is 5.20. The second-order valence-electron chi connectivity index (χ2n) is 7.76. The first-order valence-electron chi connectivity index (χ1n) is 9.35. The maximum absolute atomic E-state index is 12.5. The van der Waals surface area contributed by atoms with Gasteiger partial charge in [-0.05, 0) is 36.2 Å². The first-order valence-corrected chi connectivity index (χ1v) is 9.35. The van der Waals surface area contributed by atoms with Crippen LogP contribution in [0.4, 0.5) is 0 Å². The highest BCUT2D eigenvalue weighted by atomic mass is 16.1. The summed E-state index contributed by atoms with van der Waals surface area (Å²) in [6.45, 7) is 4.26. The van der Waals surface area contributed by atoms with Crippen LogP contribution in [0.1, 0.15) is 37.7 Å². The van der Waals surface area contributed by atoms with E-state index in [1.54, 1.807) is 0 Å². The standard InChI is InChI=1S/C20H28N2O/c23-20-18-10-6-2-5-9-17(18)19-14-22(13-16(19)11-21-20)12-15-7-3-1-4-8-15/h1,3-4,7-8,16-19H,2,5-6,9-14H2,(H,21,23). The number of carbonyl (C=O) groups is 1. The van der Waals surface area contributed by atoms with Gasteiger partial charge in [0.05, 0.1) is 0 Å². The Labute approximate surface area is 139 Å². The van der Waals surface area contributed by atoms with Gasteiger partial charge in [-0.1, -0.05) is 49.6 Å². The summed E-state index contributed by atoms with van der Waals surface area (Å²) >= 11 is 0. The van der Waals surface area contributed by atoms with Crippen LogP contribution in [-0.2, 0) is 11.3 Å². The molecular formula is C20H28N2O. The van der Waals surface area contributed by atoms with Crippen molar-refractivity contribution < 1.29 is 4.79 Å². The molecule has 3 fully saturated rings. The van der Waals surface area contributed by atoms with Crippen LogP contribution < -0.4 is 5.32 Å². The Balaban J connectivity index is 1.50. The average molecular weight is 312 g/mol. The Kier molecular flexibility index (Phi) is 4.39. The zero-order valence-electron chi connectivity index (χ0n) is 13.9. The lowest BCUT2D eigenvalue weighted by atomic mass is 9.75. The summed E-state index contributed by atoms with van der Waals surface area (Å²) in [6.07, 6.45) is 6.23. The van der Waals surface area contributed by atoms with Crippen LogP contribution in [0.3, 0.4) is 0 Å². The van der Waals surface area contributed by atoms with Crippen LogP contribution in [0.2, 0.25) is 0 Å². The summed E-state index contributed by atoms with van der Waals surface area (Å²) in [6, 6.07) is 10.8. The third-order valence-corrected chi connectivity index (χ3v) is 6.31. The molecule has 124 valence electrons. The molecule has 0 spiro atoms. The number of nitrogens with zero attached hydrogens (tertiary/aromatic N) is 1. The summed E-state index contributed by atoms with van der Waals surface area (Å²) in [5.74, 6) is 2.60. The first-order chi connectivity index (χ1) is 11.3. The van der Waals surface area contributed by atoms with Crippen molar-refractivity contribution in [2.24, 2.45) is 23.7 Å². The number of hydrogen-bond acceptors (Lipinski definition) is 2. The van der Waals surface area contributed by atoms with Gasteiger partial charge in [-0.25, -0.2) is 0 Å². The summed E-state index contributed by atoms with van der Waals surface area (Å²) in [5.41, 5.74) is 1.41. The molecule has 3 aliphatic rings. The third-order valence-electron chi connectivity index (χ3n) is 6.31. The van der Waals surface area contributed by atoms with Gasteiger partial charge < -0.3 is 5.32 Å². The van der Waals surface area contributed by atoms with Crippen LogP contribution in [0.15, 0.2) is 30.3 Å². The lowest BCUT2D eigenvalue weighted by molar-refractivity contribution is -0.126. The molecular weight excluding hydrogens is 284 g/mol. The molecule has 4 atom stereocenters. The summed E-state index contributed by atoms with van der Waals surface area (Å²) in [7, 11) is 0. The summed E-state index contributed by atoms with van der Waals surface area (Å²) in [5, 5.41) is 3.26. The van der Waals surface area contributed by atoms with E-state index in [0.29, 0.717) is 23.7 Å². The van der Waals surface area contributed by atoms with Gasteiger partial charge in [0, 0.05) is 32.1 Å². The van der Waals surface area contributed by atoms with Crippen molar-refractivity contribution in [3.05, 3.63) is 35.9 Å². The molecule has 1 saturated carbocycles. The van der Waals surface area contributed by atoms with Crippen LogP contribution in [-0.4, -0.2) is 30.4 Å². The molecule has 1 aromatic rings. The minimum atomic E-state index is 0.282. The highest BCUT2D eigenvalue weighted by Gasteiger charge is 2.45. The van der Waals surface area contributed by atoms with E-state index >= 15 is 0 Å². The van der Waals surface area contributed by atoms with Gasteiger partial charge in [0.25, 0.3) is 0 Å². The van der Waals surface area contributed by atoms with Gasteiger partial charge in [0.1, 0.15) is 0 Å². The van der Waals surface area contributed by atoms with Gasteiger partial charge in [0.2, 0.25) is 5.91 Å². The second-order valence-corrected chi connectivity index (χ2v) is 7.76.